The third-order valence-corrected chi connectivity index (χ3v) is 6.19. The Hall–Kier alpha value is -1.51. The second-order valence-electron chi connectivity index (χ2n) is 8.37. The second kappa shape index (κ2) is 5.54. The Labute approximate surface area is 138 Å². The van der Waals surface area contributed by atoms with Gasteiger partial charge in [-0.1, -0.05) is 33.8 Å². The first-order valence-electron chi connectivity index (χ1n) is 8.81. The highest BCUT2D eigenvalue weighted by atomic mass is 16.3. The van der Waals surface area contributed by atoms with E-state index in [-0.39, 0.29) is 28.7 Å². The fraction of sp³-hybridized carbons (Fsp3) is 0.650. The molecule has 0 radical (unpaired) electrons. The molecule has 1 aromatic rings. The fourth-order valence-electron chi connectivity index (χ4n) is 4.63. The number of ketones is 1. The highest BCUT2D eigenvalue weighted by Crippen LogP contribution is 2.50. The topological polar surface area (TPSA) is 57.5 Å². The number of phenolic OH excluding ortho intramolecular Hbond substituents is 2. The molecule has 0 unspecified atom stereocenters. The SMILES string of the molecule is CC(C)c1cc2c(c(O)c1O)C[C@H]1C(=O)CCC(C)(C)[C@@H]1CC2. The van der Waals surface area contributed by atoms with Gasteiger partial charge in [0.1, 0.15) is 5.78 Å². The molecule has 2 N–H and O–H groups in total. The van der Waals surface area contributed by atoms with Gasteiger partial charge in [0.2, 0.25) is 0 Å². The summed E-state index contributed by atoms with van der Waals surface area (Å²) in [7, 11) is 0. The van der Waals surface area contributed by atoms with Crippen LogP contribution in [0.3, 0.4) is 0 Å². The molecule has 23 heavy (non-hydrogen) atoms. The molecule has 3 rings (SSSR count). The van der Waals surface area contributed by atoms with Gasteiger partial charge in [-0.3, -0.25) is 4.79 Å². The van der Waals surface area contributed by atoms with E-state index in [4.69, 9.17) is 0 Å². The molecule has 0 heterocycles. The molecule has 2 atom stereocenters. The molecule has 3 nitrogen and oxygen atoms in total. The molecular weight excluding hydrogens is 288 g/mol. The Morgan fingerprint density at radius 3 is 2.52 bits per heavy atom. The largest absolute Gasteiger partial charge is 0.504 e. The molecule has 0 aliphatic heterocycles. The van der Waals surface area contributed by atoms with Gasteiger partial charge in [-0.2, -0.15) is 0 Å². The highest BCUT2D eigenvalue weighted by Gasteiger charge is 2.44. The Morgan fingerprint density at radius 1 is 1.17 bits per heavy atom. The lowest BCUT2D eigenvalue weighted by atomic mass is 9.61. The molecule has 0 amide bonds. The molecule has 0 bridgehead atoms. The second-order valence-corrected chi connectivity index (χ2v) is 8.37. The van der Waals surface area contributed by atoms with Crippen LogP contribution in [0.4, 0.5) is 0 Å². The minimum atomic E-state index is -0.0183. The van der Waals surface area contributed by atoms with E-state index < -0.39 is 0 Å². The maximum atomic E-state index is 12.5. The smallest absolute Gasteiger partial charge is 0.161 e. The Morgan fingerprint density at radius 2 is 1.87 bits per heavy atom. The Kier molecular flexibility index (Phi) is 3.94. The summed E-state index contributed by atoms with van der Waals surface area (Å²) < 4.78 is 0. The molecular formula is C20H28O3. The van der Waals surface area contributed by atoms with Crippen molar-refractivity contribution in [3.63, 3.8) is 0 Å². The molecule has 3 heteroatoms. The van der Waals surface area contributed by atoms with Crippen LogP contribution in [0, 0.1) is 17.3 Å². The van der Waals surface area contributed by atoms with Gasteiger partial charge in [-0.05, 0) is 48.5 Å². The number of benzene rings is 1. The van der Waals surface area contributed by atoms with Gasteiger partial charge in [-0.15, -0.1) is 0 Å². The van der Waals surface area contributed by atoms with Gasteiger partial charge < -0.3 is 10.2 Å². The number of phenols is 2. The lowest BCUT2D eigenvalue weighted by Gasteiger charge is -2.42. The van der Waals surface area contributed by atoms with Gasteiger partial charge >= 0.3 is 0 Å². The third-order valence-electron chi connectivity index (χ3n) is 6.19. The van der Waals surface area contributed by atoms with Crippen LogP contribution < -0.4 is 0 Å². The molecule has 1 fully saturated rings. The highest BCUT2D eigenvalue weighted by molar-refractivity contribution is 5.83. The van der Waals surface area contributed by atoms with E-state index in [1.165, 1.54) is 0 Å². The van der Waals surface area contributed by atoms with Crippen molar-refractivity contribution in [2.45, 2.75) is 65.7 Å². The average molecular weight is 316 g/mol. The van der Waals surface area contributed by atoms with Crippen molar-refractivity contribution in [1.82, 2.24) is 0 Å². The maximum Gasteiger partial charge on any atom is 0.161 e. The first-order valence-corrected chi connectivity index (χ1v) is 8.81. The van der Waals surface area contributed by atoms with E-state index in [9.17, 15) is 15.0 Å². The van der Waals surface area contributed by atoms with Crippen molar-refractivity contribution in [3.05, 3.63) is 22.8 Å². The van der Waals surface area contributed by atoms with Crippen LogP contribution in [0.25, 0.3) is 0 Å². The molecule has 1 aromatic carbocycles. The average Bonchev–Trinajstić information content (AvgIpc) is 2.68. The summed E-state index contributed by atoms with van der Waals surface area (Å²) in [4.78, 5) is 12.5. The number of Topliss-reactive ketones (excluding diaryl/α,β-unsaturated/α-hetero) is 1. The summed E-state index contributed by atoms with van der Waals surface area (Å²) in [5.74, 6) is 0.835. The Bertz CT molecular complexity index is 643. The predicted octanol–water partition coefficient (Wildman–Crippen LogP) is 4.33. The third kappa shape index (κ3) is 2.64. The minimum Gasteiger partial charge on any atom is -0.504 e. The van der Waals surface area contributed by atoms with Crippen LogP contribution in [-0.2, 0) is 17.6 Å². The summed E-state index contributed by atoms with van der Waals surface area (Å²) in [6.07, 6.45) is 4.02. The van der Waals surface area contributed by atoms with E-state index >= 15 is 0 Å². The fourth-order valence-corrected chi connectivity index (χ4v) is 4.63. The van der Waals surface area contributed by atoms with Crippen molar-refractivity contribution in [2.75, 3.05) is 0 Å². The number of aryl methyl sites for hydroxylation is 1. The van der Waals surface area contributed by atoms with Gasteiger partial charge in [0, 0.05) is 23.5 Å². The van der Waals surface area contributed by atoms with Crippen molar-refractivity contribution in [1.29, 1.82) is 0 Å². The molecule has 0 aromatic heterocycles. The predicted molar refractivity (Wildman–Crippen MR) is 90.9 cm³/mol. The molecule has 1 saturated carbocycles. The summed E-state index contributed by atoms with van der Waals surface area (Å²) in [5, 5.41) is 20.9. The summed E-state index contributed by atoms with van der Waals surface area (Å²) >= 11 is 0. The van der Waals surface area contributed by atoms with Crippen molar-refractivity contribution in [3.8, 4) is 11.5 Å². The minimum absolute atomic E-state index is 0.000261. The normalized spacial score (nSPS) is 26.6. The van der Waals surface area contributed by atoms with E-state index in [2.05, 4.69) is 13.8 Å². The molecule has 126 valence electrons. The van der Waals surface area contributed by atoms with Gasteiger partial charge in [0.25, 0.3) is 0 Å². The van der Waals surface area contributed by atoms with E-state index in [0.717, 1.165) is 36.0 Å². The zero-order valence-corrected chi connectivity index (χ0v) is 14.6. The van der Waals surface area contributed by atoms with Crippen LogP contribution in [-0.4, -0.2) is 16.0 Å². The number of aromatic hydroxyl groups is 2. The van der Waals surface area contributed by atoms with Crippen molar-refractivity contribution < 1.29 is 15.0 Å². The quantitative estimate of drug-likeness (QED) is 0.758. The van der Waals surface area contributed by atoms with E-state index in [1.54, 1.807) is 0 Å². The van der Waals surface area contributed by atoms with Crippen molar-refractivity contribution >= 4 is 5.78 Å². The zero-order chi connectivity index (χ0) is 16.9. The monoisotopic (exact) mass is 316 g/mol. The van der Waals surface area contributed by atoms with Crippen LogP contribution in [0.15, 0.2) is 6.07 Å². The number of carbonyl (C=O) groups excluding carboxylic acids is 1. The molecule has 0 saturated heterocycles. The summed E-state index contributed by atoms with van der Waals surface area (Å²) in [6.45, 7) is 8.57. The van der Waals surface area contributed by atoms with Crippen LogP contribution >= 0.6 is 0 Å². The summed E-state index contributed by atoms with van der Waals surface area (Å²) in [6, 6.07) is 2.05. The molecule has 2 aliphatic rings. The molecule has 0 spiro atoms. The number of hydrogen-bond acceptors (Lipinski definition) is 3. The molecule has 2 aliphatic carbocycles. The lowest BCUT2D eigenvalue weighted by molar-refractivity contribution is -0.131. The Balaban J connectivity index is 2.07. The number of hydrogen-bond donors (Lipinski definition) is 2. The number of fused-ring (bicyclic) bond motifs is 2. The summed E-state index contributed by atoms with van der Waals surface area (Å²) in [5.41, 5.74) is 2.88. The van der Waals surface area contributed by atoms with Gasteiger partial charge in [-0.25, -0.2) is 0 Å². The van der Waals surface area contributed by atoms with Crippen LogP contribution in [0.2, 0.25) is 0 Å². The maximum absolute atomic E-state index is 12.5. The number of rotatable bonds is 1. The van der Waals surface area contributed by atoms with Crippen LogP contribution in [0.1, 0.15) is 69.6 Å². The number of carbonyl (C=O) groups is 1. The first kappa shape index (κ1) is 16.4. The van der Waals surface area contributed by atoms with E-state index in [1.807, 2.05) is 19.9 Å². The van der Waals surface area contributed by atoms with Gasteiger partial charge in [0.05, 0.1) is 0 Å². The standard InChI is InChI=1S/C20H28O3/c1-11(2)13-9-12-5-6-16-15(10-14(12)19(23)18(13)22)17(21)7-8-20(16,3)4/h9,11,15-16,22-23H,5-8,10H2,1-4H3/t15-,16-/m1/s1. The van der Waals surface area contributed by atoms with E-state index in [0.29, 0.717) is 24.5 Å². The van der Waals surface area contributed by atoms with Crippen molar-refractivity contribution in [2.24, 2.45) is 17.3 Å². The van der Waals surface area contributed by atoms with Crippen LogP contribution in [0.5, 0.6) is 11.5 Å². The lowest BCUT2D eigenvalue weighted by Crippen LogP contribution is -2.40. The zero-order valence-electron chi connectivity index (χ0n) is 14.6. The first-order chi connectivity index (χ1) is 10.7. The van der Waals surface area contributed by atoms with Gasteiger partial charge in [0.15, 0.2) is 11.5 Å².